The smallest absolute Gasteiger partial charge is 0.321 e. The Balaban J connectivity index is 2.53. The second-order valence-electron chi connectivity index (χ2n) is 3.39. The van der Waals surface area contributed by atoms with Crippen molar-refractivity contribution in [3.63, 3.8) is 0 Å². The first-order chi connectivity index (χ1) is 8.00. The molecule has 0 heterocycles. The molecule has 1 rings (SSSR count). The molecule has 1 aromatic rings. The van der Waals surface area contributed by atoms with Crippen LogP contribution in [0.25, 0.3) is 0 Å². The molecular formula is C11H12N2O4. The lowest BCUT2D eigenvalue weighted by molar-refractivity contribution is -0.140. The number of nitrogens with two attached hydrogens (primary N) is 1. The summed E-state index contributed by atoms with van der Waals surface area (Å²) in [5.74, 6) is -2.57. The van der Waals surface area contributed by atoms with Gasteiger partial charge >= 0.3 is 5.97 Å². The Bertz CT molecular complexity index is 430. The minimum absolute atomic E-state index is 0.324. The Morgan fingerprint density at radius 2 is 1.82 bits per heavy atom. The van der Waals surface area contributed by atoms with Gasteiger partial charge in [0.25, 0.3) is 5.91 Å². The molecule has 0 aliphatic heterocycles. The molecule has 0 fully saturated rings. The second kappa shape index (κ2) is 5.76. The zero-order chi connectivity index (χ0) is 12.8. The fourth-order valence-electron chi connectivity index (χ4n) is 1.13. The molecule has 1 unspecified atom stereocenters. The van der Waals surface area contributed by atoms with Crippen molar-refractivity contribution in [1.29, 1.82) is 0 Å². The molecule has 4 N–H and O–H groups in total. The van der Waals surface area contributed by atoms with E-state index in [1.807, 2.05) is 0 Å². The van der Waals surface area contributed by atoms with E-state index in [1.165, 1.54) is 0 Å². The maximum absolute atomic E-state index is 11.5. The van der Waals surface area contributed by atoms with Gasteiger partial charge < -0.3 is 10.8 Å². The van der Waals surface area contributed by atoms with Gasteiger partial charge in [-0.05, 0) is 12.1 Å². The number of rotatable bonds is 4. The Kier molecular flexibility index (Phi) is 4.36. The summed E-state index contributed by atoms with van der Waals surface area (Å²) in [6.45, 7) is 0. The number of hydrogen-bond acceptors (Lipinski definition) is 4. The van der Waals surface area contributed by atoms with Gasteiger partial charge in [0.15, 0.2) is 0 Å². The van der Waals surface area contributed by atoms with Crippen LogP contribution >= 0.6 is 0 Å². The van der Waals surface area contributed by atoms with Crippen LogP contribution in [0.2, 0.25) is 0 Å². The summed E-state index contributed by atoms with van der Waals surface area (Å²) in [5, 5.41) is 10.6. The lowest BCUT2D eigenvalue weighted by Crippen LogP contribution is -2.39. The SMILES string of the molecule is NC(CC(=O)NC(=O)c1ccccc1)C(=O)O. The van der Waals surface area contributed by atoms with E-state index in [0.717, 1.165) is 0 Å². The number of carbonyl (C=O) groups excluding carboxylic acids is 2. The fourth-order valence-corrected chi connectivity index (χ4v) is 1.13. The number of benzene rings is 1. The van der Waals surface area contributed by atoms with Gasteiger partial charge in [-0.2, -0.15) is 0 Å². The minimum Gasteiger partial charge on any atom is -0.480 e. The van der Waals surface area contributed by atoms with Crippen molar-refractivity contribution in [3.05, 3.63) is 35.9 Å². The first kappa shape index (κ1) is 12.9. The highest BCUT2D eigenvalue weighted by atomic mass is 16.4. The zero-order valence-corrected chi connectivity index (χ0v) is 8.92. The number of carboxylic acids is 1. The van der Waals surface area contributed by atoms with E-state index in [1.54, 1.807) is 30.3 Å². The summed E-state index contributed by atoms with van der Waals surface area (Å²) in [7, 11) is 0. The van der Waals surface area contributed by atoms with Crippen molar-refractivity contribution in [2.45, 2.75) is 12.5 Å². The Labute approximate surface area is 97.4 Å². The van der Waals surface area contributed by atoms with E-state index < -0.39 is 30.2 Å². The molecule has 0 radical (unpaired) electrons. The lowest BCUT2D eigenvalue weighted by atomic mass is 10.2. The van der Waals surface area contributed by atoms with E-state index >= 15 is 0 Å². The van der Waals surface area contributed by atoms with Gasteiger partial charge in [0.05, 0.1) is 6.42 Å². The van der Waals surface area contributed by atoms with Crippen LogP contribution in [0.4, 0.5) is 0 Å². The van der Waals surface area contributed by atoms with Gasteiger partial charge in [-0.15, -0.1) is 0 Å². The monoisotopic (exact) mass is 236 g/mol. The topological polar surface area (TPSA) is 109 Å². The first-order valence-corrected chi connectivity index (χ1v) is 4.88. The van der Waals surface area contributed by atoms with Crippen LogP contribution in [-0.2, 0) is 9.59 Å². The second-order valence-corrected chi connectivity index (χ2v) is 3.39. The van der Waals surface area contributed by atoms with Crippen LogP contribution in [0.1, 0.15) is 16.8 Å². The molecule has 0 aromatic heterocycles. The highest BCUT2D eigenvalue weighted by Crippen LogP contribution is 1.98. The van der Waals surface area contributed by atoms with Crippen LogP contribution in [0, 0.1) is 0 Å². The van der Waals surface area contributed by atoms with Gasteiger partial charge in [0.2, 0.25) is 5.91 Å². The number of hydrogen-bond donors (Lipinski definition) is 3. The van der Waals surface area contributed by atoms with Gasteiger partial charge in [-0.1, -0.05) is 18.2 Å². The molecule has 0 spiro atoms. The summed E-state index contributed by atoms with van der Waals surface area (Å²) < 4.78 is 0. The van der Waals surface area contributed by atoms with Gasteiger partial charge in [-0.3, -0.25) is 19.7 Å². The van der Waals surface area contributed by atoms with Gasteiger partial charge in [-0.25, -0.2) is 0 Å². The number of nitrogens with one attached hydrogen (secondary N) is 1. The number of carbonyl (C=O) groups is 3. The third kappa shape index (κ3) is 4.04. The third-order valence-electron chi connectivity index (χ3n) is 2.01. The van der Waals surface area contributed by atoms with Gasteiger partial charge in [0.1, 0.15) is 6.04 Å². The standard InChI is InChI=1S/C11H12N2O4/c12-8(11(16)17)6-9(14)13-10(15)7-4-2-1-3-5-7/h1-5,8H,6,12H2,(H,16,17)(H,13,14,15). The van der Waals surface area contributed by atoms with Crippen LogP contribution in [-0.4, -0.2) is 28.9 Å². The molecule has 0 bridgehead atoms. The van der Waals surface area contributed by atoms with E-state index in [2.05, 4.69) is 5.32 Å². The van der Waals surface area contributed by atoms with Crippen LogP contribution in [0.15, 0.2) is 30.3 Å². The number of imide groups is 1. The maximum Gasteiger partial charge on any atom is 0.321 e. The normalized spacial score (nSPS) is 11.6. The van der Waals surface area contributed by atoms with Crippen molar-refractivity contribution in [1.82, 2.24) is 5.32 Å². The maximum atomic E-state index is 11.5. The average Bonchev–Trinajstić information content (AvgIpc) is 2.29. The van der Waals surface area contributed by atoms with E-state index in [4.69, 9.17) is 10.8 Å². The fraction of sp³-hybridized carbons (Fsp3) is 0.182. The molecule has 0 aliphatic rings. The Morgan fingerprint density at radius 1 is 1.24 bits per heavy atom. The minimum atomic E-state index is -1.31. The molecule has 0 saturated carbocycles. The Morgan fingerprint density at radius 3 is 2.35 bits per heavy atom. The predicted molar refractivity (Wildman–Crippen MR) is 59.1 cm³/mol. The quantitative estimate of drug-likeness (QED) is 0.667. The van der Waals surface area contributed by atoms with E-state index in [9.17, 15) is 14.4 Å². The molecule has 2 amide bonds. The molecule has 6 nitrogen and oxygen atoms in total. The summed E-state index contributed by atoms with van der Waals surface area (Å²) in [5.41, 5.74) is 5.48. The predicted octanol–water partition coefficient (Wildman–Crippen LogP) is -0.255. The van der Waals surface area contributed by atoms with E-state index in [0.29, 0.717) is 5.56 Å². The molecule has 1 aromatic carbocycles. The number of amides is 2. The van der Waals surface area contributed by atoms with Gasteiger partial charge in [0, 0.05) is 5.56 Å². The summed E-state index contributed by atoms with van der Waals surface area (Å²) in [6.07, 6.45) is -0.437. The van der Waals surface area contributed by atoms with Crippen LogP contribution in [0.3, 0.4) is 0 Å². The van der Waals surface area contributed by atoms with Crippen molar-refractivity contribution >= 4 is 17.8 Å². The Hall–Kier alpha value is -2.21. The molecule has 1 atom stereocenters. The van der Waals surface area contributed by atoms with Crippen molar-refractivity contribution in [2.75, 3.05) is 0 Å². The van der Waals surface area contributed by atoms with Crippen molar-refractivity contribution in [3.8, 4) is 0 Å². The summed E-state index contributed by atoms with van der Waals surface area (Å²) >= 11 is 0. The lowest BCUT2D eigenvalue weighted by Gasteiger charge is -2.06. The summed E-state index contributed by atoms with van der Waals surface area (Å²) in [6, 6.07) is 6.82. The van der Waals surface area contributed by atoms with Crippen LogP contribution in [0.5, 0.6) is 0 Å². The number of carboxylic acid groups (broad SMARTS) is 1. The third-order valence-corrected chi connectivity index (χ3v) is 2.01. The molecule has 0 saturated heterocycles. The number of aliphatic carboxylic acids is 1. The zero-order valence-electron chi connectivity index (χ0n) is 8.92. The van der Waals surface area contributed by atoms with Crippen LogP contribution < -0.4 is 11.1 Å². The molecule has 17 heavy (non-hydrogen) atoms. The first-order valence-electron chi connectivity index (χ1n) is 4.88. The molecule has 0 aliphatic carbocycles. The van der Waals surface area contributed by atoms with E-state index in [-0.39, 0.29) is 0 Å². The highest BCUT2D eigenvalue weighted by molar-refractivity contribution is 6.05. The average molecular weight is 236 g/mol. The largest absolute Gasteiger partial charge is 0.480 e. The van der Waals surface area contributed by atoms with Crippen molar-refractivity contribution < 1.29 is 19.5 Å². The van der Waals surface area contributed by atoms with Crippen molar-refractivity contribution in [2.24, 2.45) is 5.73 Å². The summed E-state index contributed by atoms with van der Waals surface area (Å²) in [4.78, 5) is 33.2. The molecule has 90 valence electrons. The molecular weight excluding hydrogens is 224 g/mol. The highest BCUT2D eigenvalue weighted by Gasteiger charge is 2.18. The molecule has 6 heteroatoms.